The first-order valence-corrected chi connectivity index (χ1v) is 5.57. The molecule has 4 nitrogen and oxygen atoms in total. The molecule has 0 radical (unpaired) electrons. The van der Waals surface area contributed by atoms with Crippen molar-refractivity contribution in [2.45, 2.75) is 25.9 Å². The van der Waals surface area contributed by atoms with Gasteiger partial charge < -0.3 is 10.4 Å². The van der Waals surface area contributed by atoms with E-state index >= 15 is 0 Å². The largest absolute Gasteiger partial charge is 0.395 e. The summed E-state index contributed by atoms with van der Waals surface area (Å²) in [6.45, 7) is 3.86. The Labute approximate surface area is 92.4 Å². The van der Waals surface area contributed by atoms with Gasteiger partial charge in [0, 0.05) is 12.2 Å². The fourth-order valence-electron chi connectivity index (χ4n) is 1.20. The van der Waals surface area contributed by atoms with E-state index in [9.17, 15) is 0 Å². The number of hydrogen-bond donors (Lipinski definition) is 2. The van der Waals surface area contributed by atoms with Crippen molar-refractivity contribution in [1.29, 1.82) is 0 Å². The molecule has 0 aliphatic carbocycles. The number of aliphatic hydroxyl groups excluding tert-OH is 1. The average Bonchev–Trinajstić information content (AvgIpc) is 2.58. The average molecular weight is 262 g/mol. The lowest BCUT2D eigenvalue weighted by Crippen LogP contribution is -2.37. The van der Waals surface area contributed by atoms with Gasteiger partial charge in [-0.15, -0.1) is 0 Å². The summed E-state index contributed by atoms with van der Waals surface area (Å²) in [6.07, 6.45) is 4.71. The smallest absolute Gasteiger partial charge is 0.0632 e. The molecule has 80 valence electrons. The highest BCUT2D eigenvalue weighted by atomic mass is 79.9. The Morgan fingerprint density at radius 3 is 3.00 bits per heavy atom. The van der Waals surface area contributed by atoms with Crippen LogP contribution in [0.2, 0.25) is 0 Å². The summed E-state index contributed by atoms with van der Waals surface area (Å²) in [5.74, 6) is 0. The van der Waals surface area contributed by atoms with Gasteiger partial charge >= 0.3 is 0 Å². The zero-order valence-corrected chi connectivity index (χ0v) is 9.87. The zero-order chi connectivity index (χ0) is 10.4. The Morgan fingerprint density at radius 1 is 1.71 bits per heavy atom. The molecule has 0 aromatic carbocycles. The minimum Gasteiger partial charge on any atom is -0.395 e. The molecule has 0 saturated heterocycles. The van der Waals surface area contributed by atoms with Gasteiger partial charge in [-0.1, -0.05) is 6.92 Å². The summed E-state index contributed by atoms with van der Waals surface area (Å²) in [5.41, 5.74) is 0. The first-order valence-electron chi connectivity index (χ1n) is 4.78. The Bertz CT molecular complexity index is 264. The van der Waals surface area contributed by atoms with Crippen LogP contribution in [0.15, 0.2) is 16.9 Å². The van der Waals surface area contributed by atoms with E-state index in [1.54, 1.807) is 6.20 Å². The lowest BCUT2D eigenvalue weighted by atomic mass is 10.3. The number of aliphatic hydroxyl groups is 1. The highest BCUT2D eigenvalue weighted by molar-refractivity contribution is 9.10. The quantitative estimate of drug-likeness (QED) is 0.804. The number of aromatic nitrogens is 2. The first-order chi connectivity index (χ1) is 6.76. The highest BCUT2D eigenvalue weighted by Gasteiger charge is 2.07. The van der Waals surface area contributed by atoms with Gasteiger partial charge in [0.05, 0.1) is 23.8 Å². The topological polar surface area (TPSA) is 50.1 Å². The monoisotopic (exact) mass is 261 g/mol. The van der Waals surface area contributed by atoms with Crippen LogP contribution in [0, 0.1) is 0 Å². The van der Waals surface area contributed by atoms with Crippen LogP contribution in [-0.4, -0.2) is 34.1 Å². The Balaban J connectivity index is 2.40. The third kappa shape index (κ3) is 3.77. The molecule has 0 saturated carbocycles. The van der Waals surface area contributed by atoms with Crippen molar-refractivity contribution < 1.29 is 5.11 Å². The second-order valence-electron chi connectivity index (χ2n) is 3.21. The first kappa shape index (κ1) is 11.7. The van der Waals surface area contributed by atoms with Crippen LogP contribution in [0.25, 0.3) is 0 Å². The molecule has 1 aromatic rings. The molecule has 1 atom stereocenters. The van der Waals surface area contributed by atoms with Crippen LogP contribution >= 0.6 is 15.9 Å². The van der Waals surface area contributed by atoms with Crippen LogP contribution in [0.5, 0.6) is 0 Å². The lowest BCUT2D eigenvalue weighted by molar-refractivity contribution is 0.225. The lowest BCUT2D eigenvalue weighted by Gasteiger charge is -2.15. The number of hydrogen-bond acceptors (Lipinski definition) is 3. The minimum absolute atomic E-state index is 0.0850. The van der Waals surface area contributed by atoms with Crippen molar-refractivity contribution in [2.24, 2.45) is 0 Å². The predicted octanol–water partition coefficient (Wildman–Crippen LogP) is 1.01. The van der Waals surface area contributed by atoms with E-state index < -0.39 is 0 Å². The van der Waals surface area contributed by atoms with Gasteiger partial charge in [0.1, 0.15) is 0 Å². The van der Waals surface area contributed by atoms with Gasteiger partial charge in [-0.2, -0.15) is 5.10 Å². The number of nitrogens with one attached hydrogen (secondary N) is 1. The molecule has 0 bridgehead atoms. The van der Waals surface area contributed by atoms with Gasteiger partial charge in [-0.05, 0) is 28.9 Å². The second kappa shape index (κ2) is 6.16. The van der Waals surface area contributed by atoms with Crippen LogP contribution in [0.1, 0.15) is 13.3 Å². The standard InChI is InChI=1S/C9H16BrN3O/c1-2-3-11-9(7-14)6-13-5-8(10)4-12-13/h4-5,9,11,14H,2-3,6-7H2,1H3. The molecule has 1 rings (SSSR count). The van der Waals surface area contributed by atoms with E-state index in [4.69, 9.17) is 5.11 Å². The molecule has 14 heavy (non-hydrogen) atoms. The maximum Gasteiger partial charge on any atom is 0.0632 e. The van der Waals surface area contributed by atoms with Gasteiger partial charge in [-0.3, -0.25) is 4.68 Å². The molecular weight excluding hydrogens is 246 g/mol. The van der Waals surface area contributed by atoms with E-state index in [0.717, 1.165) is 17.4 Å². The summed E-state index contributed by atoms with van der Waals surface area (Å²) in [6, 6.07) is 0.0850. The molecule has 0 spiro atoms. The fraction of sp³-hybridized carbons (Fsp3) is 0.667. The highest BCUT2D eigenvalue weighted by Crippen LogP contribution is 2.06. The van der Waals surface area contributed by atoms with E-state index in [2.05, 4.69) is 33.3 Å². The summed E-state index contributed by atoms with van der Waals surface area (Å²) in [5, 5.41) is 16.5. The molecular formula is C9H16BrN3O. The van der Waals surface area contributed by atoms with Crippen molar-refractivity contribution >= 4 is 15.9 Å². The van der Waals surface area contributed by atoms with Gasteiger partial charge in [0.2, 0.25) is 0 Å². The van der Waals surface area contributed by atoms with Gasteiger partial charge in [-0.25, -0.2) is 0 Å². The number of halogens is 1. The summed E-state index contributed by atoms with van der Waals surface area (Å²) in [7, 11) is 0. The normalized spacial score (nSPS) is 13.1. The van der Waals surface area contributed by atoms with E-state index in [1.807, 2.05) is 10.9 Å². The molecule has 5 heteroatoms. The van der Waals surface area contributed by atoms with Crippen molar-refractivity contribution in [3.63, 3.8) is 0 Å². The van der Waals surface area contributed by atoms with Crippen LogP contribution < -0.4 is 5.32 Å². The van der Waals surface area contributed by atoms with Gasteiger partial charge in [0.15, 0.2) is 0 Å². The Kier molecular flexibility index (Phi) is 5.14. The van der Waals surface area contributed by atoms with E-state index in [1.165, 1.54) is 0 Å². The minimum atomic E-state index is 0.0850. The molecule has 0 aliphatic heterocycles. The summed E-state index contributed by atoms with van der Waals surface area (Å²) >= 11 is 3.33. The molecule has 2 N–H and O–H groups in total. The van der Waals surface area contributed by atoms with Crippen molar-refractivity contribution in [1.82, 2.24) is 15.1 Å². The number of nitrogens with zero attached hydrogens (tertiary/aromatic N) is 2. The maximum atomic E-state index is 9.11. The van der Waals surface area contributed by atoms with E-state index in [-0.39, 0.29) is 12.6 Å². The third-order valence-corrected chi connectivity index (χ3v) is 2.32. The maximum absolute atomic E-state index is 9.11. The van der Waals surface area contributed by atoms with Crippen molar-refractivity contribution in [2.75, 3.05) is 13.2 Å². The Morgan fingerprint density at radius 2 is 2.50 bits per heavy atom. The van der Waals surface area contributed by atoms with E-state index in [0.29, 0.717) is 6.54 Å². The molecule has 1 heterocycles. The molecule has 0 amide bonds. The predicted molar refractivity (Wildman–Crippen MR) is 59.1 cm³/mol. The number of rotatable bonds is 6. The Hall–Kier alpha value is -0.390. The second-order valence-corrected chi connectivity index (χ2v) is 4.13. The summed E-state index contributed by atoms with van der Waals surface area (Å²) < 4.78 is 2.78. The molecule has 0 aliphatic rings. The fourth-order valence-corrected chi connectivity index (χ4v) is 1.53. The summed E-state index contributed by atoms with van der Waals surface area (Å²) in [4.78, 5) is 0. The molecule has 0 fully saturated rings. The van der Waals surface area contributed by atoms with Crippen molar-refractivity contribution in [3.05, 3.63) is 16.9 Å². The van der Waals surface area contributed by atoms with Crippen molar-refractivity contribution in [3.8, 4) is 0 Å². The van der Waals surface area contributed by atoms with Gasteiger partial charge in [0.25, 0.3) is 0 Å². The van der Waals surface area contributed by atoms with Crippen LogP contribution in [0.3, 0.4) is 0 Å². The zero-order valence-electron chi connectivity index (χ0n) is 8.28. The third-order valence-electron chi connectivity index (χ3n) is 1.91. The molecule has 1 aromatic heterocycles. The SMILES string of the molecule is CCCNC(CO)Cn1cc(Br)cn1. The molecule has 1 unspecified atom stereocenters. The van der Waals surface area contributed by atoms with Crippen LogP contribution in [0.4, 0.5) is 0 Å². The van der Waals surface area contributed by atoms with Crippen LogP contribution in [-0.2, 0) is 6.54 Å².